The normalized spacial score (nSPS) is 11.1. The van der Waals surface area contributed by atoms with Crippen molar-refractivity contribution in [3.8, 4) is 6.07 Å². The number of nitrogens with one attached hydrogen (secondary N) is 1. The molecule has 0 amide bonds. The van der Waals surface area contributed by atoms with Gasteiger partial charge in [-0.1, -0.05) is 11.6 Å². The Bertz CT molecular complexity index is 786. The van der Waals surface area contributed by atoms with Gasteiger partial charge in [-0.2, -0.15) is 13.7 Å². The number of hydrogen-bond acceptors (Lipinski definition) is 4. The standard InChI is InChI=1S/C12H11ClN4O2S/c1-8-15-12(7-17(8)2)20(18,19)16-11-5-10(13)4-3-9(11)6-14/h3-5,7,16H,1-2H3. The van der Waals surface area contributed by atoms with Crippen molar-refractivity contribution in [2.75, 3.05) is 4.72 Å². The zero-order valence-electron chi connectivity index (χ0n) is 10.8. The van der Waals surface area contributed by atoms with Gasteiger partial charge in [0.1, 0.15) is 11.9 Å². The summed E-state index contributed by atoms with van der Waals surface area (Å²) < 4.78 is 28.3. The predicted molar refractivity (Wildman–Crippen MR) is 74.9 cm³/mol. The first-order valence-corrected chi connectivity index (χ1v) is 7.42. The Hall–Kier alpha value is -2.04. The van der Waals surface area contributed by atoms with Gasteiger partial charge in [0.15, 0.2) is 5.03 Å². The van der Waals surface area contributed by atoms with Crippen LogP contribution in [0.25, 0.3) is 0 Å². The molecule has 2 rings (SSSR count). The van der Waals surface area contributed by atoms with Gasteiger partial charge in [0.2, 0.25) is 0 Å². The number of nitrogens with zero attached hydrogens (tertiary/aromatic N) is 3. The highest BCUT2D eigenvalue weighted by molar-refractivity contribution is 7.92. The van der Waals surface area contributed by atoms with Gasteiger partial charge in [0.25, 0.3) is 10.0 Å². The van der Waals surface area contributed by atoms with E-state index < -0.39 is 10.0 Å². The van der Waals surface area contributed by atoms with Gasteiger partial charge in [-0.25, -0.2) is 4.98 Å². The Morgan fingerprint density at radius 2 is 2.15 bits per heavy atom. The number of rotatable bonds is 3. The Labute approximate surface area is 121 Å². The summed E-state index contributed by atoms with van der Waals surface area (Å²) in [5, 5.41) is 9.20. The zero-order chi connectivity index (χ0) is 14.9. The summed E-state index contributed by atoms with van der Waals surface area (Å²) in [5.41, 5.74) is 0.314. The first kappa shape index (κ1) is 14.4. The monoisotopic (exact) mass is 310 g/mol. The zero-order valence-corrected chi connectivity index (χ0v) is 12.3. The average Bonchev–Trinajstić information content (AvgIpc) is 2.70. The highest BCUT2D eigenvalue weighted by Gasteiger charge is 2.20. The third kappa shape index (κ3) is 2.76. The third-order valence-electron chi connectivity index (χ3n) is 2.71. The average molecular weight is 311 g/mol. The van der Waals surface area contributed by atoms with Crippen molar-refractivity contribution < 1.29 is 8.42 Å². The number of benzene rings is 1. The molecule has 0 saturated heterocycles. The van der Waals surface area contributed by atoms with Crippen LogP contribution in [0.5, 0.6) is 0 Å². The summed E-state index contributed by atoms with van der Waals surface area (Å²) in [6, 6.07) is 6.25. The molecule has 0 spiro atoms. The van der Waals surface area contributed by atoms with E-state index in [9.17, 15) is 8.42 Å². The van der Waals surface area contributed by atoms with Crippen LogP contribution in [0.15, 0.2) is 29.4 Å². The molecule has 20 heavy (non-hydrogen) atoms. The molecule has 1 heterocycles. The van der Waals surface area contributed by atoms with Crippen molar-refractivity contribution in [1.29, 1.82) is 5.26 Å². The van der Waals surface area contributed by atoms with E-state index >= 15 is 0 Å². The van der Waals surface area contributed by atoms with E-state index in [0.717, 1.165) is 0 Å². The summed E-state index contributed by atoms with van der Waals surface area (Å²) in [6.07, 6.45) is 1.40. The van der Waals surface area contributed by atoms with E-state index in [1.165, 1.54) is 24.4 Å². The molecule has 0 radical (unpaired) electrons. The number of anilines is 1. The van der Waals surface area contributed by atoms with Gasteiger partial charge >= 0.3 is 0 Å². The predicted octanol–water partition coefficient (Wildman–Crippen LogP) is 2.05. The molecule has 0 aliphatic heterocycles. The molecule has 0 atom stereocenters. The molecule has 0 aliphatic carbocycles. The van der Waals surface area contributed by atoms with E-state index in [2.05, 4.69) is 9.71 Å². The Kier molecular flexibility index (Phi) is 3.70. The van der Waals surface area contributed by atoms with Crippen molar-refractivity contribution in [2.45, 2.75) is 11.9 Å². The van der Waals surface area contributed by atoms with Crippen LogP contribution < -0.4 is 4.72 Å². The third-order valence-corrected chi connectivity index (χ3v) is 4.18. The molecular formula is C12H11ClN4O2S. The molecule has 0 fully saturated rings. The molecule has 1 N–H and O–H groups in total. The van der Waals surface area contributed by atoms with Gasteiger partial charge in [0.05, 0.1) is 11.3 Å². The molecule has 6 nitrogen and oxygen atoms in total. The van der Waals surface area contributed by atoms with Crippen LogP contribution >= 0.6 is 11.6 Å². The van der Waals surface area contributed by atoms with Gasteiger partial charge in [0, 0.05) is 18.3 Å². The maximum absolute atomic E-state index is 12.2. The quantitative estimate of drug-likeness (QED) is 0.939. The van der Waals surface area contributed by atoms with Crippen LogP contribution in [0, 0.1) is 18.3 Å². The molecule has 1 aromatic carbocycles. The highest BCUT2D eigenvalue weighted by Crippen LogP contribution is 2.23. The van der Waals surface area contributed by atoms with E-state index in [0.29, 0.717) is 10.8 Å². The van der Waals surface area contributed by atoms with E-state index in [-0.39, 0.29) is 16.3 Å². The molecule has 0 aliphatic rings. The number of halogens is 1. The number of nitriles is 1. The SMILES string of the molecule is Cc1nc(S(=O)(=O)Nc2cc(Cl)ccc2C#N)cn1C. The Morgan fingerprint density at radius 3 is 2.70 bits per heavy atom. The fraction of sp³-hybridized carbons (Fsp3) is 0.167. The Morgan fingerprint density at radius 1 is 1.45 bits per heavy atom. The van der Waals surface area contributed by atoms with E-state index in [1.807, 2.05) is 6.07 Å². The van der Waals surface area contributed by atoms with Crippen LogP contribution in [0.4, 0.5) is 5.69 Å². The number of aryl methyl sites for hydroxylation is 2. The molecule has 2 aromatic rings. The fourth-order valence-corrected chi connectivity index (χ4v) is 2.84. The smallest absolute Gasteiger partial charge is 0.280 e. The van der Waals surface area contributed by atoms with Crippen molar-refractivity contribution in [3.63, 3.8) is 0 Å². The van der Waals surface area contributed by atoms with Crippen LogP contribution in [-0.4, -0.2) is 18.0 Å². The van der Waals surface area contributed by atoms with Crippen LogP contribution in [0.1, 0.15) is 11.4 Å². The number of sulfonamides is 1. The van der Waals surface area contributed by atoms with Gasteiger partial charge in [-0.05, 0) is 25.1 Å². The molecular weight excluding hydrogens is 300 g/mol. The molecule has 0 unspecified atom stereocenters. The topological polar surface area (TPSA) is 87.8 Å². The van der Waals surface area contributed by atoms with Gasteiger partial charge in [-0.15, -0.1) is 0 Å². The largest absolute Gasteiger partial charge is 0.337 e. The minimum absolute atomic E-state index is 0.110. The van der Waals surface area contributed by atoms with Crippen LogP contribution in [-0.2, 0) is 17.1 Å². The highest BCUT2D eigenvalue weighted by atomic mass is 35.5. The lowest BCUT2D eigenvalue weighted by molar-refractivity contribution is 0.598. The number of aromatic nitrogens is 2. The molecule has 0 saturated carbocycles. The second kappa shape index (κ2) is 5.15. The first-order valence-electron chi connectivity index (χ1n) is 5.56. The maximum atomic E-state index is 12.2. The second-order valence-electron chi connectivity index (χ2n) is 4.14. The van der Waals surface area contributed by atoms with Crippen molar-refractivity contribution >= 4 is 27.3 Å². The van der Waals surface area contributed by atoms with E-state index in [1.54, 1.807) is 18.5 Å². The van der Waals surface area contributed by atoms with Gasteiger partial charge in [-0.3, -0.25) is 4.72 Å². The van der Waals surface area contributed by atoms with E-state index in [4.69, 9.17) is 16.9 Å². The molecule has 8 heteroatoms. The lowest BCUT2D eigenvalue weighted by Gasteiger charge is -2.07. The van der Waals surface area contributed by atoms with Gasteiger partial charge < -0.3 is 4.57 Å². The first-order chi connectivity index (χ1) is 9.33. The fourth-order valence-electron chi connectivity index (χ4n) is 1.55. The second-order valence-corrected chi connectivity index (χ2v) is 6.21. The molecule has 1 aromatic heterocycles. The Balaban J connectivity index is 2.43. The lowest BCUT2D eigenvalue weighted by atomic mass is 10.2. The summed E-state index contributed by atoms with van der Waals surface area (Å²) in [6.45, 7) is 1.69. The van der Waals surface area contributed by atoms with Crippen LogP contribution in [0.3, 0.4) is 0 Å². The lowest BCUT2D eigenvalue weighted by Crippen LogP contribution is -2.14. The molecule has 0 bridgehead atoms. The summed E-state index contributed by atoms with van der Waals surface area (Å²) in [7, 11) is -2.16. The minimum atomic E-state index is -3.86. The van der Waals surface area contributed by atoms with Crippen molar-refractivity contribution in [1.82, 2.24) is 9.55 Å². The number of imidazole rings is 1. The molecule has 104 valence electrons. The minimum Gasteiger partial charge on any atom is -0.337 e. The number of hydrogen-bond donors (Lipinski definition) is 1. The van der Waals surface area contributed by atoms with Crippen molar-refractivity contribution in [3.05, 3.63) is 40.8 Å². The summed E-state index contributed by atoms with van der Waals surface area (Å²) in [4.78, 5) is 3.95. The van der Waals surface area contributed by atoms with Crippen LogP contribution in [0.2, 0.25) is 5.02 Å². The summed E-state index contributed by atoms with van der Waals surface area (Å²) in [5.74, 6) is 0.567. The van der Waals surface area contributed by atoms with Crippen molar-refractivity contribution in [2.24, 2.45) is 7.05 Å². The maximum Gasteiger partial charge on any atom is 0.280 e. The summed E-state index contributed by atoms with van der Waals surface area (Å²) >= 11 is 5.81.